The maximum absolute atomic E-state index is 6.33. The summed E-state index contributed by atoms with van der Waals surface area (Å²) in [5.41, 5.74) is 9.85. The molecule has 0 saturated heterocycles. The monoisotopic (exact) mass is 230 g/mol. The van der Waals surface area contributed by atoms with Crippen molar-refractivity contribution in [2.24, 2.45) is 12.8 Å². The van der Waals surface area contributed by atoms with E-state index in [0.717, 1.165) is 24.1 Å². The van der Waals surface area contributed by atoms with Crippen molar-refractivity contribution in [1.82, 2.24) is 4.57 Å². The number of hydrogen-bond donors (Lipinski definition) is 1. The molecule has 17 heavy (non-hydrogen) atoms. The molecular weight excluding hydrogens is 212 g/mol. The predicted octanol–water partition coefficient (Wildman–Crippen LogP) is 2.44. The van der Waals surface area contributed by atoms with Gasteiger partial charge in [-0.15, -0.1) is 0 Å². The number of methoxy groups -OCH3 is 1. The third-order valence-corrected chi connectivity index (χ3v) is 3.73. The number of nitrogens with two attached hydrogens (primary N) is 1. The molecule has 0 bridgehead atoms. The Morgan fingerprint density at radius 1 is 1.35 bits per heavy atom. The van der Waals surface area contributed by atoms with E-state index in [1.54, 1.807) is 7.11 Å². The number of aryl methyl sites for hydroxylation is 2. The van der Waals surface area contributed by atoms with Crippen LogP contribution in [0.5, 0.6) is 5.75 Å². The lowest BCUT2D eigenvalue weighted by Crippen LogP contribution is -2.18. The van der Waals surface area contributed by atoms with Gasteiger partial charge in [0.2, 0.25) is 0 Å². The number of hydrogen-bond acceptors (Lipinski definition) is 2. The van der Waals surface area contributed by atoms with Crippen LogP contribution in [0.1, 0.15) is 24.0 Å². The molecule has 0 atom stereocenters. The van der Waals surface area contributed by atoms with Crippen LogP contribution in [0.15, 0.2) is 18.3 Å². The first kappa shape index (κ1) is 10.7. The van der Waals surface area contributed by atoms with E-state index in [1.165, 1.54) is 16.5 Å². The minimum Gasteiger partial charge on any atom is -0.495 e. The van der Waals surface area contributed by atoms with Gasteiger partial charge in [0.15, 0.2) is 0 Å². The maximum atomic E-state index is 6.33. The van der Waals surface area contributed by atoms with Crippen LogP contribution in [-0.2, 0) is 12.6 Å². The molecule has 1 aromatic heterocycles. The Morgan fingerprint density at radius 3 is 2.65 bits per heavy atom. The van der Waals surface area contributed by atoms with Crippen molar-refractivity contribution in [3.63, 3.8) is 0 Å². The predicted molar refractivity (Wildman–Crippen MR) is 69.3 cm³/mol. The zero-order valence-corrected chi connectivity index (χ0v) is 10.6. The molecule has 3 rings (SSSR count). The number of fused-ring (bicyclic) bond motifs is 1. The summed E-state index contributed by atoms with van der Waals surface area (Å²) in [6.45, 7) is 2.09. The molecule has 0 amide bonds. The fraction of sp³-hybridized carbons (Fsp3) is 0.429. The lowest BCUT2D eigenvalue weighted by Gasteiger charge is -2.09. The number of benzene rings is 1. The summed E-state index contributed by atoms with van der Waals surface area (Å²) in [6.07, 6.45) is 4.32. The highest BCUT2D eigenvalue weighted by Gasteiger charge is 2.42. The summed E-state index contributed by atoms with van der Waals surface area (Å²) in [5, 5.41) is 1.24. The molecule has 0 unspecified atom stereocenters. The third-order valence-electron chi connectivity index (χ3n) is 3.73. The van der Waals surface area contributed by atoms with Gasteiger partial charge in [-0.05, 0) is 43.0 Å². The molecule has 0 spiro atoms. The Labute approximate surface area is 101 Å². The number of rotatable bonds is 2. The second kappa shape index (κ2) is 3.26. The topological polar surface area (TPSA) is 40.2 Å². The zero-order valence-electron chi connectivity index (χ0n) is 10.6. The SMILES string of the molecule is COc1cc(C)cc2c(C3(N)CC3)cn(C)c12. The van der Waals surface area contributed by atoms with Gasteiger partial charge in [0.05, 0.1) is 12.6 Å². The van der Waals surface area contributed by atoms with Crippen molar-refractivity contribution in [1.29, 1.82) is 0 Å². The summed E-state index contributed by atoms with van der Waals surface area (Å²) < 4.78 is 7.59. The average Bonchev–Trinajstić information content (AvgIpc) is 2.94. The van der Waals surface area contributed by atoms with Gasteiger partial charge in [-0.25, -0.2) is 0 Å². The van der Waals surface area contributed by atoms with Crippen molar-refractivity contribution in [2.75, 3.05) is 7.11 Å². The van der Waals surface area contributed by atoms with E-state index in [-0.39, 0.29) is 5.54 Å². The highest BCUT2D eigenvalue weighted by Crippen LogP contribution is 2.47. The van der Waals surface area contributed by atoms with E-state index >= 15 is 0 Å². The normalized spacial score (nSPS) is 17.4. The van der Waals surface area contributed by atoms with Gasteiger partial charge in [-0.3, -0.25) is 0 Å². The van der Waals surface area contributed by atoms with Crippen LogP contribution in [0.2, 0.25) is 0 Å². The first-order chi connectivity index (χ1) is 8.05. The van der Waals surface area contributed by atoms with E-state index in [9.17, 15) is 0 Å². The van der Waals surface area contributed by atoms with Gasteiger partial charge in [0.1, 0.15) is 5.75 Å². The molecule has 1 aliphatic rings. The molecule has 1 heterocycles. The number of aromatic nitrogens is 1. The van der Waals surface area contributed by atoms with Gasteiger partial charge in [-0.1, -0.05) is 0 Å². The Kier molecular flexibility index (Phi) is 2.05. The fourth-order valence-corrected chi connectivity index (χ4v) is 2.60. The second-order valence-electron chi connectivity index (χ2n) is 5.17. The van der Waals surface area contributed by atoms with Crippen LogP contribution in [0, 0.1) is 6.92 Å². The molecule has 3 nitrogen and oxygen atoms in total. The number of ether oxygens (including phenoxy) is 1. The molecule has 90 valence electrons. The second-order valence-corrected chi connectivity index (χ2v) is 5.17. The standard InChI is InChI=1S/C14H18N2O/c1-9-6-10-11(14(15)4-5-14)8-16(2)13(10)12(7-9)17-3/h6-8H,4-5,15H2,1-3H3. The molecule has 1 fully saturated rings. The van der Waals surface area contributed by atoms with Crippen LogP contribution in [0.3, 0.4) is 0 Å². The molecule has 0 aliphatic heterocycles. The van der Waals surface area contributed by atoms with Gasteiger partial charge >= 0.3 is 0 Å². The van der Waals surface area contributed by atoms with E-state index in [2.05, 4.69) is 36.9 Å². The van der Waals surface area contributed by atoms with Crippen LogP contribution in [0.4, 0.5) is 0 Å². The molecule has 1 aliphatic carbocycles. The van der Waals surface area contributed by atoms with E-state index in [4.69, 9.17) is 10.5 Å². The Morgan fingerprint density at radius 2 is 2.06 bits per heavy atom. The fourth-order valence-electron chi connectivity index (χ4n) is 2.60. The lowest BCUT2D eigenvalue weighted by atomic mass is 10.0. The van der Waals surface area contributed by atoms with E-state index in [1.807, 2.05) is 0 Å². The first-order valence-electron chi connectivity index (χ1n) is 5.98. The van der Waals surface area contributed by atoms with E-state index < -0.39 is 0 Å². The van der Waals surface area contributed by atoms with Crippen molar-refractivity contribution < 1.29 is 4.74 Å². The van der Waals surface area contributed by atoms with Crippen LogP contribution < -0.4 is 10.5 Å². The molecule has 3 heteroatoms. The Bertz CT molecular complexity index is 594. The van der Waals surface area contributed by atoms with Gasteiger partial charge < -0.3 is 15.0 Å². The molecule has 0 radical (unpaired) electrons. The average molecular weight is 230 g/mol. The Balaban J connectivity index is 2.36. The van der Waals surface area contributed by atoms with Crippen molar-refractivity contribution >= 4 is 10.9 Å². The summed E-state index contributed by atoms with van der Waals surface area (Å²) in [7, 11) is 3.77. The third kappa shape index (κ3) is 1.46. The highest BCUT2D eigenvalue weighted by molar-refractivity contribution is 5.91. The summed E-state index contributed by atoms with van der Waals surface area (Å²) >= 11 is 0. The van der Waals surface area contributed by atoms with Gasteiger partial charge in [-0.2, -0.15) is 0 Å². The molecular formula is C14H18N2O. The number of nitrogens with zero attached hydrogens (tertiary/aromatic N) is 1. The minimum absolute atomic E-state index is 0.0989. The first-order valence-corrected chi connectivity index (χ1v) is 5.98. The summed E-state index contributed by atoms with van der Waals surface area (Å²) in [4.78, 5) is 0. The molecule has 1 aromatic carbocycles. The summed E-state index contributed by atoms with van der Waals surface area (Å²) in [6, 6.07) is 4.28. The molecule has 2 N–H and O–H groups in total. The van der Waals surface area contributed by atoms with Crippen molar-refractivity contribution in [3.8, 4) is 5.75 Å². The quantitative estimate of drug-likeness (QED) is 0.860. The largest absolute Gasteiger partial charge is 0.495 e. The van der Waals surface area contributed by atoms with Crippen molar-refractivity contribution in [2.45, 2.75) is 25.3 Å². The van der Waals surface area contributed by atoms with E-state index in [0.29, 0.717) is 0 Å². The highest BCUT2D eigenvalue weighted by atomic mass is 16.5. The maximum Gasteiger partial charge on any atom is 0.143 e. The van der Waals surface area contributed by atoms with Gasteiger partial charge in [0, 0.05) is 24.2 Å². The van der Waals surface area contributed by atoms with Crippen LogP contribution >= 0.6 is 0 Å². The molecule has 1 saturated carbocycles. The molecule has 2 aromatic rings. The smallest absolute Gasteiger partial charge is 0.143 e. The van der Waals surface area contributed by atoms with Gasteiger partial charge in [0.25, 0.3) is 0 Å². The van der Waals surface area contributed by atoms with Crippen molar-refractivity contribution in [3.05, 3.63) is 29.5 Å². The summed E-state index contributed by atoms with van der Waals surface area (Å²) in [5.74, 6) is 0.929. The van der Waals surface area contributed by atoms with Crippen LogP contribution in [-0.4, -0.2) is 11.7 Å². The lowest BCUT2D eigenvalue weighted by molar-refractivity contribution is 0.417. The Hall–Kier alpha value is -1.48. The zero-order chi connectivity index (χ0) is 12.2. The van der Waals surface area contributed by atoms with Crippen LogP contribution in [0.25, 0.3) is 10.9 Å². The minimum atomic E-state index is -0.0989.